The molecule has 0 aliphatic carbocycles. The zero-order valence-corrected chi connectivity index (χ0v) is 16.4. The third-order valence-corrected chi connectivity index (χ3v) is 3.70. The summed E-state index contributed by atoms with van der Waals surface area (Å²) in [5.41, 5.74) is 9.01. The molecule has 6 heteroatoms. The van der Waals surface area contributed by atoms with Gasteiger partial charge in [-0.25, -0.2) is 0 Å². The Morgan fingerprint density at radius 2 is 1.92 bits per heavy atom. The first-order valence-electron chi connectivity index (χ1n) is 8.03. The third kappa shape index (κ3) is 8.34. The minimum atomic E-state index is 0. The number of nitrogens with zero attached hydrogens (tertiary/aromatic N) is 2. The van der Waals surface area contributed by atoms with Gasteiger partial charge in [0.15, 0.2) is 0 Å². The molecule has 0 saturated carbocycles. The van der Waals surface area contributed by atoms with E-state index < -0.39 is 0 Å². The lowest BCUT2D eigenvalue weighted by Gasteiger charge is -2.23. The summed E-state index contributed by atoms with van der Waals surface area (Å²) in [5, 5.41) is 0. The molecule has 0 aliphatic heterocycles. The van der Waals surface area contributed by atoms with Gasteiger partial charge >= 0.3 is 0 Å². The number of benzene rings is 1. The molecule has 4 nitrogen and oxygen atoms in total. The van der Waals surface area contributed by atoms with Gasteiger partial charge in [-0.2, -0.15) is 0 Å². The van der Waals surface area contributed by atoms with Crippen LogP contribution in [-0.4, -0.2) is 21.8 Å². The lowest BCUT2D eigenvalue weighted by Crippen LogP contribution is -2.31. The van der Waals surface area contributed by atoms with E-state index >= 15 is 0 Å². The highest BCUT2D eigenvalue weighted by Crippen LogP contribution is 2.13. The minimum absolute atomic E-state index is 0. The largest absolute Gasteiger partial charge is 0.332 e. The molecule has 0 bridgehead atoms. The van der Waals surface area contributed by atoms with Crippen molar-refractivity contribution in [2.24, 2.45) is 5.73 Å². The Bertz CT molecular complexity index is 636. The fourth-order valence-corrected chi connectivity index (χ4v) is 2.46. The Morgan fingerprint density at radius 3 is 2.52 bits per heavy atom. The zero-order valence-electron chi connectivity index (χ0n) is 14.7. The molecule has 1 heterocycles. The third-order valence-electron chi connectivity index (χ3n) is 3.70. The van der Waals surface area contributed by atoms with Crippen LogP contribution < -0.4 is 5.73 Å². The normalized spacial score (nSPS) is 11.0. The zero-order chi connectivity index (χ0) is 16.7. The van der Waals surface area contributed by atoms with Crippen LogP contribution in [0.2, 0.25) is 0 Å². The van der Waals surface area contributed by atoms with E-state index in [-0.39, 0.29) is 36.8 Å². The van der Waals surface area contributed by atoms with Gasteiger partial charge in [0, 0.05) is 25.2 Å². The van der Waals surface area contributed by atoms with Gasteiger partial charge in [-0.05, 0) is 38.0 Å². The molecule has 25 heavy (non-hydrogen) atoms. The maximum atomic E-state index is 12.6. The first kappa shape index (κ1) is 23.4. The van der Waals surface area contributed by atoms with Crippen molar-refractivity contribution >= 4 is 30.7 Å². The fourth-order valence-electron chi connectivity index (χ4n) is 2.46. The van der Waals surface area contributed by atoms with E-state index in [1.807, 2.05) is 36.1 Å². The predicted octanol–water partition coefficient (Wildman–Crippen LogP) is 3.89. The van der Waals surface area contributed by atoms with Crippen LogP contribution in [0.15, 0.2) is 48.7 Å². The number of carbonyl (C=O) groups excluding carboxylic acids is 1. The van der Waals surface area contributed by atoms with E-state index in [0.717, 1.165) is 11.3 Å². The standard InChI is InChI=1S/C19H25N3O.2ClH/c1-15-6-5-7-17(12-15)13-22(19(23)10-9-16(2)20)14-18-8-3-4-11-21-18;;/h3-8,11-12,16H,9-10,13-14,20H2,1-2H3;2*1H. The monoisotopic (exact) mass is 383 g/mol. The number of aromatic nitrogens is 1. The van der Waals surface area contributed by atoms with Gasteiger partial charge in [0.25, 0.3) is 0 Å². The first-order valence-corrected chi connectivity index (χ1v) is 8.03. The van der Waals surface area contributed by atoms with Crippen LogP contribution in [-0.2, 0) is 17.9 Å². The number of aryl methyl sites for hydroxylation is 1. The van der Waals surface area contributed by atoms with Gasteiger partial charge in [-0.3, -0.25) is 9.78 Å². The van der Waals surface area contributed by atoms with Crippen molar-refractivity contribution in [3.05, 3.63) is 65.5 Å². The molecule has 2 rings (SSSR count). The maximum absolute atomic E-state index is 12.6. The molecule has 138 valence electrons. The van der Waals surface area contributed by atoms with Crippen LogP contribution in [0.3, 0.4) is 0 Å². The average molecular weight is 384 g/mol. The molecule has 0 saturated heterocycles. The second-order valence-electron chi connectivity index (χ2n) is 6.08. The summed E-state index contributed by atoms with van der Waals surface area (Å²) < 4.78 is 0. The summed E-state index contributed by atoms with van der Waals surface area (Å²) in [6, 6.07) is 14.1. The molecule has 2 N–H and O–H groups in total. The lowest BCUT2D eigenvalue weighted by molar-refractivity contribution is -0.132. The van der Waals surface area contributed by atoms with E-state index in [0.29, 0.717) is 25.9 Å². The Hall–Kier alpha value is -1.62. The second-order valence-corrected chi connectivity index (χ2v) is 6.08. The number of carbonyl (C=O) groups is 1. The molecule has 0 fully saturated rings. The summed E-state index contributed by atoms with van der Waals surface area (Å²) >= 11 is 0. The molecule has 1 aromatic carbocycles. The van der Waals surface area contributed by atoms with Crippen LogP contribution in [0.25, 0.3) is 0 Å². The van der Waals surface area contributed by atoms with Crippen LogP contribution in [0.4, 0.5) is 0 Å². The van der Waals surface area contributed by atoms with Crippen molar-refractivity contribution in [3.8, 4) is 0 Å². The van der Waals surface area contributed by atoms with Crippen LogP contribution in [0.5, 0.6) is 0 Å². The minimum Gasteiger partial charge on any atom is -0.332 e. The van der Waals surface area contributed by atoms with Gasteiger partial charge in [-0.15, -0.1) is 24.8 Å². The second kappa shape index (κ2) is 11.9. The van der Waals surface area contributed by atoms with Crippen molar-refractivity contribution in [1.82, 2.24) is 9.88 Å². The number of amides is 1. The first-order chi connectivity index (χ1) is 11.0. The molecule has 1 unspecified atom stereocenters. The average Bonchev–Trinajstić information content (AvgIpc) is 2.53. The van der Waals surface area contributed by atoms with E-state index in [1.165, 1.54) is 5.56 Å². The molecule has 0 spiro atoms. The maximum Gasteiger partial charge on any atom is 0.223 e. The van der Waals surface area contributed by atoms with E-state index in [4.69, 9.17) is 5.73 Å². The number of pyridine rings is 1. The van der Waals surface area contributed by atoms with Gasteiger partial charge < -0.3 is 10.6 Å². The molecule has 2 aromatic rings. The molecule has 1 amide bonds. The van der Waals surface area contributed by atoms with E-state index in [9.17, 15) is 4.79 Å². The number of halogens is 2. The molecule has 0 radical (unpaired) electrons. The summed E-state index contributed by atoms with van der Waals surface area (Å²) in [5.74, 6) is 0.120. The van der Waals surface area contributed by atoms with Gasteiger partial charge in [0.1, 0.15) is 0 Å². The number of nitrogens with two attached hydrogens (primary N) is 1. The van der Waals surface area contributed by atoms with Crippen molar-refractivity contribution in [2.75, 3.05) is 0 Å². The molecule has 1 aromatic heterocycles. The van der Waals surface area contributed by atoms with Crippen molar-refractivity contribution in [3.63, 3.8) is 0 Å². The highest BCUT2D eigenvalue weighted by molar-refractivity contribution is 5.85. The Balaban J connectivity index is 0.00000288. The van der Waals surface area contributed by atoms with E-state index in [1.54, 1.807) is 6.20 Å². The molecule has 0 aliphatic rings. The lowest BCUT2D eigenvalue weighted by atomic mass is 10.1. The summed E-state index contributed by atoms with van der Waals surface area (Å²) in [7, 11) is 0. The summed E-state index contributed by atoms with van der Waals surface area (Å²) in [6.45, 7) is 5.10. The SMILES string of the molecule is Cc1cccc(CN(Cc2ccccn2)C(=O)CCC(C)N)c1.Cl.Cl. The van der Waals surface area contributed by atoms with E-state index in [2.05, 4.69) is 30.1 Å². The fraction of sp³-hybridized carbons (Fsp3) is 0.368. The Kier molecular flexibility index (Phi) is 11.1. The number of hydrogen-bond donors (Lipinski definition) is 1. The smallest absolute Gasteiger partial charge is 0.223 e. The number of rotatable bonds is 7. The number of hydrogen-bond acceptors (Lipinski definition) is 3. The van der Waals surface area contributed by atoms with Crippen molar-refractivity contribution < 1.29 is 4.79 Å². The Morgan fingerprint density at radius 1 is 1.16 bits per heavy atom. The molecular weight excluding hydrogens is 357 g/mol. The highest BCUT2D eigenvalue weighted by Gasteiger charge is 2.15. The highest BCUT2D eigenvalue weighted by atomic mass is 35.5. The van der Waals surface area contributed by atoms with Gasteiger partial charge in [0.2, 0.25) is 5.91 Å². The Labute approximate surface area is 162 Å². The predicted molar refractivity (Wildman–Crippen MR) is 107 cm³/mol. The molecular formula is C19H27Cl2N3O. The van der Waals surface area contributed by atoms with Crippen molar-refractivity contribution in [2.45, 2.75) is 45.8 Å². The van der Waals surface area contributed by atoms with Crippen LogP contribution >= 0.6 is 24.8 Å². The summed E-state index contributed by atoms with van der Waals surface area (Å²) in [6.07, 6.45) is 2.92. The summed E-state index contributed by atoms with van der Waals surface area (Å²) in [4.78, 5) is 18.8. The topological polar surface area (TPSA) is 59.2 Å². The van der Waals surface area contributed by atoms with Crippen LogP contribution in [0, 0.1) is 6.92 Å². The quantitative estimate of drug-likeness (QED) is 0.788. The van der Waals surface area contributed by atoms with Crippen LogP contribution in [0.1, 0.15) is 36.6 Å². The van der Waals surface area contributed by atoms with Crippen molar-refractivity contribution in [1.29, 1.82) is 0 Å². The van der Waals surface area contributed by atoms with Gasteiger partial charge in [-0.1, -0.05) is 35.9 Å². The molecule has 1 atom stereocenters. The van der Waals surface area contributed by atoms with Gasteiger partial charge in [0.05, 0.1) is 12.2 Å².